The van der Waals surface area contributed by atoms with Gasteiger partial charge in [0.25, 0.3) is 0 Å². The number of anilines is 3. The fourth-order valence-corrected chi connectivity index (χ4v) is 4.68. The molecule has 1 aliphatic rings. The summed E-state index contributed by atoms with van der Waals surface area (Å²) in [6, 6.07) is 14.0. The van der Waals surface area contributed by atoms with Gasteiger partial charge in [-0.3, -0.25) is 0 Å². The minimum Gasteiger partial charge on any atom is -0.493 e. The number of para-hydroxylation sites is 1. The van der Waals surface area contributed by atoms with Crippen molar-refractivity contribution >= 4 is 28.2 Å². The van der Waals surface area contributed by atoms with E-state index in [2.05, 4.69) is 21.3 Å². The maximum absolute atomic E-state index is 9.88. The molecule has 0 radical (unpaired) electrons. The molecule has 2 aromatic heterocycles. The van der Waals surface area contributed by atoms with Crippen molar-refractivity contribution in [1.29, 1.82) is 0 Å². The van der Waals surface area contributed by atoms with Gasteiger partial charge in [-0.1, -0.05) is 18.2 Å². The van der Waals surface area contributed by atoms with Crippen molar-refractivity contribution in [2.24, 2.45) is 0 Å². The third-order valence-corrected chi connectivity index (χ3v) is 6.38. The van der Waals surface area contributed by atoms with Gasteiger partial charge in [-0.2, -0.15) is 0 Å². The molecule has 0 aliphatic carbocycles. The van der Waals surface area contributed by atoms with E-state index in [4.69, 9.17) is 19.2 Å². The highest BCUT2D eigenvalue weighted by atomic mass is 16.5. The normalized spacial score (nSPS) is 15.4. The summed E-state index contributed by atoms with van der Waals surface area (Å²) in [4.78, 5) is 11.6. The average Bonchev–Trinajstić information content (AvgIpc) is 3.57. The van der Waals surface area contributed by atoms with Crippen LogP contribution in [0.15, 0.2) is 55.0 Å². The number of nitrogens with one attached hydrogen (secondary N) is 1. The summed E-state index contributed by atoms with van der Waals surface area (Å²) < 4.78 is 18.2. The molecule has 9 heteroatoms. The van der Waals surface area contributed by atoms with Crippen molar-refractivity contribution in [3.05, 3.63) is 55.0 Å². The molecule has 4 aromatic rings. The maximum Gasteiger partial charge on any atom is 0.203 e. The molecule has 2 aromatic carbocycles. The Balaban J connectivity index is 1.48. The zero-order chi connectivity index (χ0) is 24.4. The molecular formula is C26H29N5O4. The molecule has 1 saturated heterocycles. The highest BCUT2D eigenvalue weighted by Crippen LogP contribution is 2.39. The number of imidazole rings is 1. The van der Waals surface area contributed by atoms with E-state index in [1.54, 1.807) is 27.7 Å². The van der Waals surface area contributed by atoms with Crippen LogP contribution in [0.5, 0.6) is 17.2 Å². The van der Waals surface area contributed by atoms with Crippen molar-refractivity contribution < 1.29 is 19.3 Å². The van der Waals surface area contributed by atoms with Gasteiger partial charge < -0.3 is 34.1 Å². The number of rotatable bonds is 8. The van der Waals surface area contributed by atoms with E-state index in [1.165, 1.54) is 0 Å². The van der Waals surface area contributed by atoms with Gasteiger partial charge in [0.1, 0.15) is 18.0 Å². The number of aromatic nitrogens is 3. The molecule has 1 atom stereocenters. The lowest BCUT2D eigenvalue weighted by Gasteiger charge is -2.27. The Hall–Kier alpha value is -3.98. The molecule has 182 valence electrons. The maximum atomic E-state index is 9.88. The fraction of sp³-hybridized carbons (Fsp3) is 0.308. The summed E-state index contributed by atoms with van der Waals surface area (Å²) in [5.41, 5.74) is 2.77. The zero-order valence-electron chi connectivity index (χ0n) is 20.1. The molecule has 35 heavy (non-hydrogen) atoms. The monoisotopic (exact) mass is 475 g/mol. The zero-order valence-corrected chi connectivity index (χ0v) is 20.1. The van der Waals surface area contributed by atoms with E-state index in [9.17, 15) is 5.11 Å². The molecule has 0 saturated carbocycles. The molecule has 5 rings (SSSR count). The molecule has 3 heterocycles. The standard InChI is InChI=1S/C26H29N5O4/c1-33-22-11-18(12-23(34-2)26(22)35-3)30-14-25(27-16-30)29-24-13-21(31-10-6-7-17(31)15-32)19-8-4-5-9-20(19)28-24/h4-5,8-9,11-14,16-17,32H,6-7,10,15H2,1-3H3,(H,28,29)/t17-/m0/s1. The topological polar surface area (TPSA) is 93.9 Å². The lowest BCUT2D eigenvalue weighted by atomic mass is 10.1. The van der Waals surface area contributed by atoms with Crippen molar-refractivity contribution in [2.45, 2.75) is 18.9 Å². The molecule has 1 fully saturated rings. The second kappa shape index (κ2) is 9.71. The first-order chi connectivity index (χ1) is 17.1. The van der Waals surface area contributed by atoms with E-state index >= 15 is 0 Å². The van der Waals surface area contributed by atoms with Crippen LogP contribution in [-0.4, -0.2) is 60.2 Å². The number of methoxy groups -OCH3 is 3. The quantitative estimate of drug-likeness (QED) is 0.393. The van der Waals surface area contributed by atoms with Crippen LogP contribution in [0.2, 0.25) is 0 Å². The molecule has 9 nitrogen and oxygen atoms in total. The van der Waals surface area contributed by atoms with Gasteiger partial charge >= 0.3 is 0 Å². The molecule has 0 unspecified atom stereocenters. The Kier molecular flexibility index (Phi) is 6.33. The SMILES string of the molecule is COc1cc(-n2cnc(Nc3cc(N4CCC[C@H]4CO)c4ccccc4n3)c2)cc(OC)c1OC. The number of hydrogen-bond donors (Lipinski definition) is 2. The van der Waals surface area contributed by atoms with E-state index in [1.807, 2.05) is 47.2 Å². The van der Waals surface area contributed by atoms with Crippen molar-refractivity contribution in [3.63, 3.8) is 0 Å². The summed E-state index contributed by atoms with van der Waals surface area (Å²) in [6.07, 6.45) is 5.63. The largest absolute Gasteiger partial charge is 0.493 e. The third kappa shape index (κ3) is 4.30. The van der Waals surface area contributed by atoms with Crippen LogP contribution in [0.25, 0.3) is 16.6 Å². The van der Waals surface area contributed by atoms with Crippen LogP contribution >= 0.6 is 0 Å². The van der Waals surface area contributed by atoms with Crippen LogP contribution in [0, 0.1) is 0 Å². The molecule has 1 aliphatic heterocycles. The summed E-state index contributed by atoms with van der Waals surface area (Å²) in [5.74, 6) is 3.00. The first-order valence-corrected chi connectivity index (χ1v) is 11.5. The van der Waals surface area contributed by atoms with Gasteiger partial charge in [0.2, 0.25) is 5.75 Å². The molecule has 0 amide bonds. The van der Waals surface area contributed by atoms with Crippen molar-refractivity contribution in [2.75, 3.05) is 44.7 Å². The number of fused-ring (bicyclic) bond motifs is 1. The molecule has 2 N–H and O–H groups in total. The van der Waals surface area contributed by atoms with E-state index in [-0.39, 0.29) is 12.6 Å². The number of hydrogen-bond acceptors (Lipinski definition) is 8. The van der Waals surface area contributed by atoms with Gasteiger partial charge in [-0.15, -0.1) is 0 Å². The van der Waals surface area contributed by atoms with Crippen LogP contribution < -0.4 is 24.4 Å². The summed E-state index contributed by atoms with van der Waals surface area (Å²) >= 11 is 0. The number of benzene rings is 2. The van der Waals surface area contributed by atoms with Crippen molar-refractivity contribution in [1.82, 2.24) is 14.5 Å². The van der Waals surface area contributed by atoms with Gasteiger partial charge in [0, 0.05) is 30.1 Å². The first-order valence-electron chi connectivity index (χ1n) is 11.5. The predicted molar refractivity (Wildman–Crippen MR) is 136 cm³/mol. The van der Waals surface area contributed by atoms with Gasteiger partial charge in [-0.05, 0) is 18.9 Å². The Morgan fingerprint density at radius 3 is 2.51 bits per heavy atom. The smallest absolute Gasteiger partial charge is 0.203 e. The average molecular weight is 476 g/mol. The van der Waals surface area contributed by atoms with Crippen LogP contribution in [0.4, 0.5) is 17.3 Å². The minimum atomic E-state index is 0.118. The third-order valence-electron chi connectivity index (χ3n) is 6.38. The Bertz CT molecular complexity index is 1310. The number of aliphatic hydroxyl groups excluding tert-OH is 1. The molecule has 0 bridgehead atoms. The second-order valence-electron chi connectivity index (χ2n) is 8.39. The Morgan fingerprint density at radius 1 is 1.03 bits per heavy atom. The second-order valence-corrected chi connectivity index (χ2v) is 8.39. The molecular weight excluding hydrogens is 446 g/mol. The summed E-state index contributed by atoms with van der Waals surface area (Å²) in [7, 11) is 4.76. The number of aliphatic hydroxyl groups is 1. The minimum absolute atomic E-state index is 0.118. The molecule has 0 spiro atoms. The van der Waals surface area contributed by atoms with E-state index < -0.39 is 0 Å². The van der Waals surface area contributed by atoms with Gasteiger partial charge in [-0.25, -0.2) is 9.97 Å². The van der Waals surface area contributed by atoms with Crippen LogP contribution in [0.3, 0.4) is 0 Å². The Morgan fingerprint density at radius 2 is 1.80 bits per heavy atom. The predicted octanol–water partition coefficient (Wildman–Crippen LogP) is 4.15. The highest BCUT2D eigenvalue weighted by molar-refractivity contribution is 5.94. The van der Waals surface area contributed by atoms with E-state index in [0.717, 1.165) is 41.7 Å². The van der Waals surface area contributed by atoms with Gasteiger partial charge in [0.05, 0.1) is 57.1 Å². The summed E-state index contributed by atoms with van der Waals surface area (Å²) in [6.45, 7) is 1.05. The lowest BCUT2D eigenvalue weighted by Crippen LogP contribution is -2.32. The Labute approximate surface area is 203 Å². The fourth-order valence-electron chi connectivity index (χ4n) is 4.68. The van der Waals surface area contributed by atoms with Crippen LogP contribution in [-0.2, 0) is 0 Å². The van der Waals surface area contributed by atoms with Crippen LogP contribution in [0.1, 0.15) is 12.8 Å². The lowest BCUT2D eigenvalue weighted by molar-refractivity contribution is 0.266. The van der Waals surface area contributed by atoms with Crippen molar-refractivity contribution in [3.8, 4) is 22.9 Å². The number of nitrogens with zero attached hydrogens (tertiary/aromatic N) is 4. The van der Waals surface area contributed by atoms with E-state index in [0.29, 0.717) is 28.9 Å². The number of ether oxygens (including phenoxy) is 3. The highest BCUT2D eigenvalue weighted by Gasteiger charge is 2.26. The summed E-state index contributed by atoms with van der Waals surface area (Å²) in [5, 5.41) is 14.3. The number of pyridine rings is 1. The first kappa shape index (κ1) is 22.8. The van der Waals surface area contributed by atoms with Gasteiger partial charge in [0.15, 0.2) is 11.5 Å².